The molecule has 1 unspecified atom stereocenters. The van der Waals surface area contributed by atoms with E-state index in [0.717, 1.165) is 0 Å². The molecule has 1 nitrogen and oxygen atoms in total. The van der Waals surface area contributed by atoms with Gasteiger partial charge in [-0.2, -0.15) is 26.3 Å². The average Bonchev–Trinajstić information content (AvgIpc) is 1.99. The number of nitrogens with zero attached hydrogens (tertiary/aromatic N) is 1. The molecular formula is C7H4F6NP. The maximum atomic E-state index is 12.1. The zero-order valence-electron chi connectivity index (χ0n) is 6.95. The Bertz CT molecular complexity index is 336. The largest absolute Gasteiger partial charge is 0.433 e. The summed E-state index contributed by atoms with van der Waals surface area (Å²) >= 11 is 0. The van der Waals surface area contributed by atoms with Gasteiger partial charge < -0.3 is 0 Å². The van der Waals surface area contributed by atoms with Crippen LogP contribution >= 0.6 is 9.24 Å². The van der Waals surface area contributed by atoms with E-state index in [2.05, 4.69) is 4.98 Å². The van der Waals surface area contributed by atoms with Crippen LogP contribution in [-0.4, -0.2) is 4.98 Å². The number of pyridine rings is 1. The van der Waals surface area contributed by atoms with E-state index < -0.39 is 23.7 Å². The fourth-order valence-electron chi connectivity index (χ4n) is 0.842. The lowest BCUT2D eigenvalue weighted by Crippen LogP contribution is -2.17. The molecule has 1 aromatic heterocycles. The first-order chi connectivity index (χ1) is 6.60. The van der Waals surface area contributed by atoms with Gasteiger partial charge in [0.2, 0.25) is 0 Å². The van der Waals surface area contributed by atoms with Crippen molar-refractivity contribution in [2.45, 2.75) is 12.4 Å². The third-order valence-corrected chi connectivity index (χ3v) is 1.76. The molecule has 84 valence electrons. The molecule has 0 aliphatic heterocycles. The summed E-state index contributed by atoms with van der Waals surface area (Å²) < 4.78 is 72.6. The molecule has 1 heterocycles. The molecule has 1 atom stereocenters. The summed E-state index contributed by atoms with van der Waals surface area (Å²) in [5, 5.41) is -0.218. The smallest absolute Gasteiger partial charge is 0.239 e. The zero-order valence-corrected chi connectivity index (χ0v) is 8.10. The molecule has 0 aliphatic carbocycles. The summed E-state index contributed by atoms with van der Waals surface area (Å²) in [4.78, 5) is 2.51. The Morgan fingerprint density at radius 1 is 0.867 bits per heavy atom. The molecule has 0 radical (unpaired) electrons. The van der Waals surface area contributed by atoms with E-state index in [4.69, 9.17) is 0 Å². The number of halogens is 6. The van der Waals surface area contributed by atoms with Gasteiger partial charge in [-0.3, -0.25) is 0 Å². The Kier molecular flexibility index (Phi) is 2.96. The SMILES string of the molecule is FC(F)(F)c1cc(P)cc(C(F)(F)F)n1. The summed E-state index contributed by atoms with van der Waals surface area (Å²) in [6, 6.07) is 1.06. The normalized spacial score (nSPS) is 13.0. The average molecular weight is 247 g/mol. The van der Waals surface area contributed by atoms with Crippen LogP contribution in [0.1, 0.15) is 11.4 Å². The molecule has 0 saturated carbocycles. The van der Waals surface area contributed by atoms with Crippen molar-refractivity contribution in [1.82, 2.24) is 4.98 Å². The van der Waals surface area contributed by atoms with Gasteiger partial charge in [-0.25, -0.2) is 4.98 Å². The molecule has 0 saturated heterocycles. The van der Waals surface area contributed by atoms with Gasteiger partial charge in [-0.05, 0) is 17.4 Å². The Hall–Kier alpha value is -0.840. The van der Waals surface area contributed by atoms with E-state index in [1.54, 1.807) is 9.24 Å². The number of rotatable bonds is 0. The summed E-state index contributed by atoms with van der Waals surface area (Å²) in [6.45, 7) is 0. The van der Waals surface area contributed by atoms with E-state index in [9.17, 15) is 26.3 Å². The maximum Gasteiger partial charge on any atom is 0.433 e. The number of hydrogen-bond donors (Lipinski definition) is 0. The highest BCUT2D eigenvalue weighted by Crippen LogP contribution is 2.32. The lowest BCUT2D eigenvalue weighted by molar-refractivity contribution is -0.149. The number of alkyl halides is 6. The van der Waals surface area contributed by atoms with Gasteiger partial charge >= 0.3 is 12.4 Å². The quantitative estimate of drug-likeness (QED) is 0.507. The second-order valence-electron chi connectivity index (χ2n) is 2.67. The first-order valence-electron chi connectivity index (χ1n) is 3.52. The first-order valence-corrected chi connectivity index (χ1v) is 4.10. The van der Waals surface area contributed by atoms with Crippen LogP contribution in [0.3, 0.4) is 0 Å². The van der Waals surface area contributed by atoms with Crippen molar-refractivity contribution in [2.75, 3.05) is 0 Å². The van der Waals surface area contributed by atoms with Crippen molar-refractivity contribution in [3.63, 3.8) is 0 Å². The topological polar surface area (TPSA) is 12.9 Å². The van der Waals surface area contributed by atoms with Gasteiger partial charge in [0, 0.05) is 0 Å². The lowest BCUT2D eigenvalue weighted by atomic mass is 10.3. The molecule has 0 spiro atoms. The fraction of sp³-hybridized carbons (Fsp3) is 0.286. The Labute approximate surface area is 82.7 Å². The third kappa shape index (κ3) is 3.06. The third-order valence-electron chi connectivity index (χ3n) is 1.43. The number of aromatic nitrogens is 1. The van der Waals surface area contributed by atoms with Gasteiger partial charge in [-0.15, -0.1) is 9.24 Å². The van der Waals surface area contributed by atoms with Crippen molar-refractivity contribution in [1.29, 1.82) is 0 Å². The van der Waals surface area contributed by atoms with Crippen molar-refractivity contribution < 1.29 is 26.3 Å². The van der Waals surface area contributed by atoms with Crippen LogP contribution in [0.2, 0.25) is 0 Å². The van der Waals surface area contributed by atoms with E-state index in [-0.39, 0.29) is 5.30 Å². The molecule has 0 bridgehead atoms. The maximum absolute atomic E-state index is 12.1. The highest BCUT2D eigenvalue weighted by atomic mass is 31.0. The molecule has 8 heteroatoms. The molecular weight excluding hydrogens is 243 g/mol. The van der Waals surface area contributed by atoms with E-state index in [1.165, 1.54) is 0 Å². The Balaban J connectivity index is 3.30. The van der Waals surface area contributed by atoms with Gasteiger partial charge in [-0.1, -0.05) is 0 Å². The van der Waals surface area contributed by atoms with Crippen molar-refractivity contribution in [2.24, 2.45) is 0 Å². The van der Waals surface area contributed by atoms with Gasteiger partial charge in [0.1, 0.15) is 11.4 Å². The molecule has 0 aliphatic rings. The van der Waals surface area contributed by atoms with Gasteiger partial charge in [0.15, 0.2) is 0 Å². The molecule has 1 aromatic rings. The Morgan fingerprint density at radius 3 is 1.47 bits per heavy atom. The summed E-state index contributed by atoms with van der Waals surface area (Å²) in [5.74, 6) is 0. The van der Waals surface area contributed by atoms with Gasteiger partial charge in [0.05, 0.1) is 0 Å². The van der Waals surface area contributed by atoms with Crippen molar-refractivity contribution >= 4 is 14.5 Å². The van der Waals surface area contributed by atoms with Crippen LogP contribution in [0.4, 0.5) is 26.3 Å². The number of hydrogen-bond acceptors (Lipinski definition) is 1. The second kappa shape index (κ2) is 3.63. The van der Waals surface area contributed by atoms with E-state index in [0.29, 0.717) is 12.1 Å². The minimum atomic E-state index is -4.88. The van der Waals surface area contributed by atoms with E-state index >= 15 is 0 Å². The van der Waals surface area contributed by atoms with Crippen LogP contribution in [0.15, 0.2) is 12.1 Å². The van der Waals surface area contributed by atoms with E-state index in [1.807, 2.05) is 0 Å². The van der Waals surface area contributed by atoms with Crippen molar-refractivity contribution in [3.05, 3.63) is 23.5 Å². The molecule has 0 N–H and O–H groups in total. The van der Waals surface area contributed by atoms with Crippen LogP contribution < -0.4 is 5.30 Å². The highest BCUT2D eigenvalue weighted by molar-refractivity contribution is 7.27. The van der Waals surface area contributed by atoms with Crippen LogP contribution in [0.25, 0.3) is 0 Å². The molecule has 0 aromatic carbocycles. The fourth-order valence-corrected chi connectivity index (χ4v) is 1.16. The summed E-state index contributed by atoms with van der Waals surface area (Å²) in [6.07, 6.45) is -9.76. The minimum absolute atomic E-state index is 0.218. The van der Waals surface area contributed by atoms with Crippen molar-refractivity contribution in [3.8, 4) is 0 Å². The summed E-state index contributed by atoms with van der Waals surface area (Å²) in [7, 11) is 1.77. The highest BCUT2D eigenvalue weighted by Gasteiger charge is 2.38. The zero-order chi connectivity index (χ0) is 11.9. The molecule has 15 heavy (non-hydrogen) atoms. The standard InChI is InChI=1S/C7H4F6NP/c8-6(9,10)4-1-3(15)2-5(14-4)7(11,12)13/h1-2H,15H2. The molecule has 1 rings (SSSR count). The minimum Gasteiger partial charge on any atom is -0.239 e. The van der Waals surface area contributed by atoms with Crippen LogP contribution in [0, 0.1) is 0 Å². The van der Waals surface area contributed by atoms with Gasteiger partial charge in [0.25, 0.3) is 0 Å². The Morgan fingerprint density at radius 2 is 1.20 bits per heavy atom. The first kappa shape index (κ1) is 12.2. The predicted octanol–water partition coefficient (Wildman–Crippen LogP) is 2.62. The summed E-state index contributed by atoms with van der Waals surface area (Å²) in [5.41, 5.74) is -3.11. The second-order valence-corrected chi connectivity index (χ2v) is 3.33. The molecule has 0 fully saturated rings. The van der Waals surface area contributed by atoms with Crippen LogP contribution in [-0.2, 0) is 12.4 Å². The monoisotopic (exact) mass is 247 g/mol. The van der Waals surface area contributed by atoms with Crippen LogP contribution in [0.5, 0.6) is 0 Å². The lowest BCUT2D eigenvalue weighted by Gasteiger charge is -2.11. The molecule has 0 amide bonds. The predicted molar refractivity (Wildman–Crippen MR) is 43.6 cm³/mol.